The monoisotopic (exact) mass is 131 g/mol. The Morgan fingerprint density at radius 3 is 2.22 bits per heavy atom. The van der Waals surface area contributed by atoms with Crippen molar-refractivity contribution in [3.63, 3.8) is 0 Å². The predicted molar refractivity (Wildman–Crippen MR) is 35.0 cm³/mol. The van der Waals surface area contributed by atoms with E-state index in [0.29, 0.717) is 6.42 Å². The topological polar surface area (TPSA) is 63.3 Å². The van der Waals surface area contributed by atoms with Gasteiger partial charge in [0.05, 0.1) is 0 Å². The molecule has 0 saturated carbocycles. The van der Waals surface area contributed by atoms with E-state index in [1.54, 1.807) is 6.92 Å². The zero-order chi connectivity index (χ0) is 7.49. The number of aliphatic hydroxyl groups is 1. The minimum absolute atomic E-state index is 0.0127. The van der Waals surface area contributed by atoms with Crippen LogP contribution >= 0.6 is 0 Å². The largest absolute Gasteiger partial charge is 0.381 e. The molecule has 0 aromatic rings. The van der Waals surface area contributed by atoms with Crippen molar-refractivity contribution in [3.05, 3.63) is 0 Å². The van der Waals surface area contributed by atoms with E-state index >= 15 is 0 Å². The molecule has 0 bridgehead atoms. The molecule has 54 valence electrons. The molecular weight excluding hydrogens is 118 g/mol. The molecule has 0 saturated heterocycles. The molecule has 0 aliphatic heterocycles. The fraction of sp³-hybridized carbons (Fsp3) is 0.833. The van der Waals surface area contributed by atoms with Crippen LogP contribution in [0.2, 0.25) is 0 Å². The third kappa shape index (κ3) is 1.77. The molecule has 0 heterocycles. The molecule has 0 amide bonds. The van der Waals surface area contributed by atoms with Crippen molar-refractivity contribution in [2.75, 3.05) is 6.54 Å². The van der Waals surface area contributed by atoms with Gasteiger partial charge in [-0.3, -0.25) is 4.79 Å². The average Bonchev–Trinajstić information content (AvgIpc) is 1.86. The number of hydrogen-bond donors (Lipinski definition) is 2. The second kappa shape index (κ2) is 2.94. The Hall–Kier alpha value is -0.410. The van der Waals surface area contributed by atoms with Gasteiger partial charge in [-0.05, 0) is 13.3 Å². The van der Waals surface area contributed by atoms with Crippen LogP contribution in [-0.2, 0) is 4.79 Å². The summed E-state index contributed by atoms with van der Waals surface area (Å²) in [4.78, 5) is 10.6. The van der Waals surface area contributed by atoms with Gasteiger partial charge in [-0.2, -0.15) is 0 Å². The first kappa shape index (κ1) is 8.59. The fourth-order valence-corrected chi connectivity index (χ4v) is 0.537. The maximum absolute atomic E-state index is 10.6. The number of carbonyl (C=O) groups excluding carboxylic acids is 1. The summed E-state index contributed by atoms with van der Waals surface area (Å²) in [6.45, 7) is 3.09. The van der Waals surface area contributed by atoms with E-state index in [4.69, 9.17) is 5.73 Å². The molecule has 0 aliphatic carbocycles. The molecule has 1 atom stereocenters. The standard InChI is InChI=1S/C6H13NO2/c1-3-6(9,4-7)5(2)8/h9H,3-4,7H2,1-2H3. The minimum atomic E-state index is -1.28. The zero-order valence-corrected chi connectivity index (χ0v) is 5.85. The Morgan fingerprint density at radius 2 is 2.22 bits per heavy atom. The number of carbonyl (C=O) groups is 1. The van der Waals surface area contributed by atoms with Gasteiger partial charge in [-0.1, -0.05) is 6.92 Å². The van der Waals surface area contributed by atoms with Gasteiger partial charge in [0.1, 0.15) is 5.60 Å². The van der Waals surface area contributed by atoms with Crippen LogP contribution in [0.3, 0.4) is 0 Å². The molecule has 0 fully saturated rings. The summed E-state index contributed by atoms with van der Waals surface area (Å²) in [6.07, 6.45) is 0.388. The van der Waals surface area contributed by atoms with Crippen LogP contribution in [0.15, 0.2) is 0 Å². The maximum atomic E-state index is 10.6. The van der Waals surface area contributed by atoms with Crippen LogP contribution in [0.5, 0.6) is 0 Å². The second-order valence-electron chi connectivity index (χ2n) is 2.15. The highest BCUT2D eigenvalue weighted by Crippen LogP contribution is 2.07. The Bertz CT molecular complexity index is 108. The highest BCUT2D eigenvalue weighted by atomic mass is 16.3. The van der Waals surface area contributed by atoms with Gasteiger partial charge in [0.2, 0.25) is 0 Å². The molecule has 1 unspecified atom stereocenters. The Labute approximate surface area is 54.9 Å². The molecule has 3 nitrogen and oxygen atoms in total. The van der Waals surface area contributed by atoms with E-state index in [1.165, 1.54) is 6.92 Å². The Balaban J connectivity index is 4.09. The predicted octanol–water partition coefficient (Wildman–Crippen LogP) is -0.325. The zero-order valence-electron chi connectivity index (χ0n) is 5.85. The van der Waals surface area contributed by atoms with Crippen LogP contribution in [0.1, 0.15) is 20.3 Å². The second-order valence-corrected chi connectivity index (χ2v) is 2.15. The van der Waals surface area contributed by atoms with E-state index < -0.39 is 5.60 Å². The lowest BCUT2D eigenvalue weighted by Crippen LogP contribution is -2.43. The average molecular weight is 131 g/mol. The molecule has 3 N–H and O–H groups in total. The maximum Gasteiger partial charge on any atom is 0.162 e. The summed E-state index contributed by atoms with van der Waals surface area (Å²) >= 11 is 0. The summed E-state index contributed by atoms with van der Waals surface area (Å²) in [5.74, 6) is -0.257. The number of hydrogen-bond acceptors (Lipinski definition) is 3. The smallest absolute Gasteiger partial charge is 0.162 e. The van der Waals surface area contributed by atoms with Crippen molar-refractivity contribution < 1.29 is 9.90 Å². The van der Waals surface area contributed by atoms with Crippen molar-refractivity contribution in [2.24, 2.45) is 5.73 Å². The molecular formula is C6H13NO2. The van der Waals surface area contributed by atoms with Gasteiger partial charge < -0.3 is 10.8 Å². The molecule has 3 heteroatoms. The van der Waals surface area contributed by atoms with Crippen molar-refractivity contribution in [3.8, 4) is 0 Å². The molecule has 0 rings (SSSR count). The Kier molecular flexibility index (Phi) is 2.81. The summed E-state index contributed by atoms with van der Waals surface area (Å²) < 4.78 is 0. The first-order chi connectivity index (χ1) is 4.06. The Morgan fingerprint density at radius 1 is 1.78 bits per heavy atom. The lowest BCUT2D eigenvalue weighted by molar-refractivity contribution is -0.134. The van der Waals surface area contributed by atoms with Crippen LogP contribution in [0.25, 0.3) is 0 Å². The van der Waals surface area contributed by atoms with E-state index in [2.05, 4.69) is 0 Å². The number of Topliss-reactive ketones (excluding diaryl/α,β-unsaturated/α-hetero) is 1. The van der Waals surface area contributed by atoms with Crippen LogP contribution in [0.4, 0.5) is 0 Å². The van der Waals surface area contributed by atoms with Crippen molar-refractivity contribution in [1.82, 2.24) is 0 Å². The lowest BCUT2D eigenvalue weighted by Gasteiger charge is -2.20. The molecule has 0 aromatic carbocycles. The number of ketones is 1. The van der Waals surface area contributed by atoms with E-state index in [9.17, 15) is 9.90 Å². The van der Waals surface area contributed by atoms with Gasteiger partial charge in [0, 0.05) is 6.54 Å². The van der Waals surface area contributed by atoms with Gasteiger partial charge in [0.15, 0.2) is 5.78 Å². The molecule has 0 aliphatic rings. The van der Waals surface area contributed by atoms with Crippen molar-refractivity contribution in [2.45, 2.75) is 25.9 Å². The third-order valence-electron chi connectivity index (χ3n) is 1.58. The van der Waals surface area contributed by atoms with Crippen LogP contribution in [0, 0.1) is 0 Å². The summed E-state index contributed by atoms with van der Waals surface area (Å²) in [5, 5.41) is 9.23. The fourth-order valence-electron chi connectivity index (χ4n) is 0.537. The molecule has 0 spiro atoms. The van der Waals surface area contributed by atoms with E-state index in [1.807, 2.05) is 0 Å². The van der Waals surface area contributed by atoms with Crippen molar-refractivity contribution >= 4 is 5.78 Å². The first-order valence-electron chi connectivity index (χ1n) is 3.00. The summed E-state index contributed by atoms with van der Waals surface area (Å²) in [6, 6.07) is 0. The highest BCUT2D eigenvalue weighted by Gasteiger charge is 2.27. The molecule has 9 heavy (non-hydrogen) atoms. The normalized spacial score (nSPS) is 16.9. The van der Waals surface area contributed by atoms with Crippen molar-refractivity contribution in [1.29, 1.82) is 0 Å². The number of nitrogens with two attached hydrogens (primary N) is 1. The summed E-state index contributed by atoms with van der Waals surface area (Å²) in [7, 11) is 0. The van der Waals surface area contributed by atoms with E-state index in [0.717, 1.165) is 0 Å². The summed E-state index contributed by atoms with van der Waals surface area (Å²) in [5.41, 5.74) is 3.87. The van der Waals surface area contributed by atoms with Crippen LogP contribution in [-0.4, -0.2) is 23.0 Å². The minimum Gasteiger partial charge on any atom is -0.381 e. The van der Waals surface area contributed by atoms with Gasteiger partial charge in [-0.25, -0.2) is 0 Å². The van der Waals surface area contributed by atoms with Crippen LogP contribution < -0.4 is 5.73 Å². The van der Waals surface area contributed by atoms with Gasteiger partial charge >= 0.3 is 0 Å². The first-order valence-corrected chi connectivity index (χ1v) is 3.00. The van der Waals surface area contributed by atoms with E-state index in [-0.39, 0.29) is 12.3 Å². The van der Waals surface area contributed by atoms with Gasteiger partial charge in [0.25, 0.3) is 0 Å². The highest BCUT2D eigenvalue weighted by molar-refractivity contribution is 5.84. The third-order valence-corrected chi connectivity index (χ3v) is 1.58. The number of rotatable bonds is 3. The molecule has 0 radical (unpaired) electrons. The quantitative estimate of drug-likeness (QED) is 0.551. The SMILES string of the molecule is CCC(O)(CN)C(C)=O. The van der Waals surface area contributed by atoms with Gasteiger partial charge in [-0.15, -0.1) is 0 Å². The lowest BCUT2D eigenvalue weighted by atomic mass is 9.97. The molecule has 0 aromatic heterocycles.